The van der Waals surface area contributed by atoms with Crippen molar-refractivity contribution in [3.63, 3.8) is 0 Å². The summed E-state index contributed by atoms with van der Waals surface area (Å²) in [5.74, 6) is 2.49. The molecule has 0 amide bonds. The van der Waals surface area contributed by atoms with Crippen molar-refractivity contribution in [2.24, 2.45) is 0 Å². The van der Waals surface area contributed by atoms with Crippen LogP contribution in [0.3, 0.4) is 0 Å². The van der Waals surface area contributed by atoms with Crippen molar-refractivity contribution in [2.45, 2.75) is 17.4 Å². The van der Waals surface area contributed by atoms with Crippen molar-refractivity contribution in [1.82, 2.24) is 14.4 Å². The molecule has 3 heterocycles. The normalized spacial score (nSPS) is 14.8. The van der Waals surface area contributed by atoms with Crippen LogP contribution in [0.5, 0.6) is 11.5 Å². The summed E-state index contributed by atoms with van der Waals surface area (Å²) in [7, 11) is 1.68. The molecule has 1 aliphatic rings. The van der Waals surface area contributed by atoms with Crippen LogP contribution in [0.2, 0.25) is 0 Å². The molecule has 7 heteroatoms. The van der Waals surface area contributed by atoms with E-state index in [1.54, 1.807) is 7.11 Å². The van der Waals surface area contributed by atoms with Gasteiger partial charge in [-0.05, 0) is 68.0 Å². The number of thioether (sulfide) groups is 2. The van der Waals surface area contributed by atoms with Crippen LogP contribution in [0, 0.1) is 6.92 Å². The molecule has 32 heavy (non-hydrogen) atoms. The average molecular weight is 464 g/mol. The molecule has 2 aromatic carbocycles. The molecule has 0 N–H and O–H groups in total. The van der Waals surface area contributed by atoms with E-state index in [-0.39, 0.29) is 4.08 Å². The quantitative estimate of drug-likeness (QED) is 0.336. The Morgan fingerprint density at radius 1 is 1.00 bits per heavy atom. The zero-order valence-electron chi connectivity index (χ0n) is 18.6. The molecule has 0 unspecified atom stereocenters. The highest BCUT2D eigenvalue weighted by atomic mass is 32.2. The molecule has 0 spiro atoms. The van der Waals surface area contributed by atoms with E-state index in [9.17, 15) is 0 Å². The van der Waals surface area contributed by atoms with E-state index < -0.39 is 0 Å². The number of benzene rings is 2. The molecular formula is C25H25N3O2S2. The fraction of sp³-hybridized carbons (Fsp3) is 0.280. The Hall–Kier alpha value is -2.64. The Morgan fingerprint density at radius 3 is 2.47 bits per heavy atom. The Balaban J connectivity index is 1.75. The minimum absolute atomic E-state index is 0.0147. The summed E-state index contributed by atoms with van der Waals surface area (Å²) in [6, 6.07) is 16.6. The molecule has 0 saturated heterocycles. The van der Waals surface area contributed by atoms with E-state index in [1.807, 2.05) is 60.8 Å². The second-order valence-corrected chi connectivity index (χ2v) is 10.2. The first-order valence-electron chi connectivity index (χ1n) is 10.5. The van der Waals surface area contributed by atoms with Crippen molar-refractivity contribution >= 4 is 29.3 Å². The number of rotatable bonds is 5. The van der Waals surface area contributed by atoms with Crippen molar-refractivity contribution in [1.29, 1.82) is 0 Å². The summed E-state index contributed by atoms with van der Waals surface area (Å²) in [4.78, 5) is 9.62. The number of fused-ring (bicyclic) bond motifs is 2. The van der Waals surface area contributed by atoms with Gasteiger partial charge < -0.3 is 9.47 Å². The SMILES string of the molecule is COc1ccc(-c2nc3nc(C)ccn3c2-c2ccc3c(c2)C(SC)(SC)CCO3)cc1. The Labute approximate surface area is 196 Å². The minimum Gasteiger partial charge on any atom is -0.497 e. The van der Waals surface area contributed by atoms with Crippen molar-refractivity contribution in [2.75, 3.05) is 26.2 Å². The number of hydrogen-bond acceptors (Lipinski definition) is 6. The zero-order chi connectivity index (χ0) is 22.3. The Morgan fingerprint density at radius 2 is 1.75 bits per heavy atom. The molecule has 0 bridgehead atoms. The maximum Gasteiger partial charge on any atom is 0.235 e. The van der Waals surface area contributed by atoms with Gasteiger partial charge in [-0.3, -0.25) is 4.40 Å². The maximum absolute atomic E-state index is 6.02. The first-order chi connectivity index (χ1) is 15.6. The molecule has 0 fully saturated rings. The summed E-state index contributed by atoms with van der Waals surface area (Å²) in [5.41, 5.74) is 6.24. The third kappa shape index (κ3) is 3.44. The van der Waals surface area contributed by atoms with Gasteiger partial charge in [0.1, 0.15) is 11.5 Å². The lowest BCUT2D eigenvalue weighted by molar-refractivity contribution is 0.280. The highest BCUT2D eigenvalue weighted by molar-refractivity contribution is 8.16. The number of aryl methyl sites for hydroxylation is 1. The third-order valence-electron chi connectivity index (χ3n) is 6.01. The Bertz CT molecular complexity index is 1280. The van der Waals surface area contributed by atoms with Crippen LogP contribution >= 0.6 is 23.5 Å². The Kier molecular flexibility index (Phi) is 5.55. The molecule has 5 nitrogen and oxygen atoms in total. The van der Waals surface area contributed by atoms with Crippen LogP contribution in [0.15, 0.2) is 54.7 Å². The molecule has 5 rings (SSSR count). The van der Waals surface area contributed by atoms with E-state index in [4.69, 9.17) is 14.5 Å². The van der Waals surface area contributed by atoms with Crippen molar-refractivity contribution in [3.8, 4) is 34.0 Å². The summed E-state index contributed by atoms with van der Waals surface area (Å²) >= 11 is 3.77. The van der Waals surface area contributed by atoms with Gasteiger partial charge in [0.05, 0.1) is 29.2 Å². The summed E-state index contributed by atoms with van der Waals surface area (Å²) in [6.07, 6.45) is 7.40. The van der Waals surface area contributed by atoms with Crippen LogP contribution in [0.25, 0.3) is 28.3 Å². The van der Waals surface area contributed by atoms with Gasteiger partial charge in [0.15, 0.2) is 0 Å². The van der Waals surface area contributed by atoms with Crippen molar-refractivity contribution in [3.05, 3.63) is 66.0 Å². The standard InChI is InChI=1S/C25H25N3O2S2/c1-16-11-13-28-23(22(27-24(28)26-16)17-5-8-19(29-2)9-6-17)18-7-10-21-20(15-18)25(31-3,32-4)12-14-30-21/h5-11,13,15H,12,14H2,1-4H3. The highest BCUT2D eigenvalue weighted by Crippen LogP contribution is 2.53. The van der Waals surface area contributed by atoms with Crippen LogP contribution in [-0.4, -0.2) is 40.6 Å². The molecule has 1 aliphatic heterocycles. The number of methoxy groups -OCH3 is 1. The van der Waals surface area contributed by atoms with Gasteiger partial charge in [-0.1, -0.05) is 0 Å². The third-order valence-corrected chi connectivity index (χ3v) is 9.18. The predicted octanol–water partition coefficient (Wildman–Crippen LogP) is 6.04. The van der Waals surface area contributed by atoms with Gasteiger partial charge in [-0.25, -0.2) is 9.97 Å². The smallest absolute Gasteiger partial charge is 0.235 e. The predicted molar refractivity (Wildman–Crippen MR) is 134 cm³/mol. The van der Waals surface area contributed by atoms with Crippen LogP contribution in [0.1, 0.15) is 17.7 Å². The van der Waals surface area contributed by atoms with E-state index >= 15 is 0 Å². The maximum atomic E-state index is 6.02. The van der Waals surface area contributed by atoms with Gasteiger partial charge in [0, 0.05) is 35.0 Å². The number of hydrogen-bond donors (Lipinski definition) is 0. The molecule has 0 radical (unpaired) electrons. The lowest BCUT2D eigenvalue weighted by Gasteiger charge is -2.36. The van der Waals surface area contributed by atoms with E-state index in [2.05, 4.69) is 46.3 Å². The summed E-state index contributed by atoms with van der Waals surface area (Å²) < 4.78 is 13.4. The zero-order valence-corrected chi connectivity index (χ0v) is 20.2. The van der Waals surface area contributed by atoms with Crippen LogP contribution in [-0.2, 0) is 4.08 Å². The lowest BCUT2D eigenvalue weighted by Crippen LogP contribution is -2.26. The first-order valence-corrected chi connectivity index (χ1v) is 12.9. The number of nitrogens with zero attached hydrogens (tertiary/aromatic N) is 3. The molecule has 4 aromatic rings. The van der Waals surface area contributed by atoms with Crippen LogP contribution in [0.4, 0.5) is 0 Å². The van der Waals surface area contributed by atoms with Gasteiger partial charge in [0.25, 0.3) is 0 Å². The van der Waals surface area contributed by atoms with Crippen LogP contribution < -0.4 is 9.47 Å². The lowest BCUT2D eigenvalue weighted by atomic mass is 9.98. The van der Waals surface area contributed by atoms with Gasteiger partial charge in [0.2, 0.25) is 5.78 Å². The number of ether oxygens (including phenoxy) is 2. The van der Waals surface area contributed by atoms with Gasteiger partial charge in [-0.2, -0.15) is 0 Å². The topological polar surface area (TPSA) is 48.7 Å². The fourth-order valence-electron chi connectivity index (χ4n) is 4.28. The first kappa shape index (κ1) is 21.2. The van der Waals surface area contributed by atoms with E-state index in [0.29, 0.717) is 5.78 Å². The summed E-state index contributed by atoms with van der Waals surface area (Å²) in [5, 5.41) is 0. The molecule has 0 aliphatic carbocycles. The second-order valence-electron chi connectivity index (χ2n) is 7.75. The highest BCUT2D eigenvalue weighted by Gasteiger charge is 2.37. The number of imidazole rings is 1. The van der Waals surface area contributed by atoms with Gasteiger partial charge >= 0.3 is 0 Å². The molecular weight excluding hydrogens is 438 g/mol. The molecule has 0 saturated carbocycles. The largest absolute Gasteiger partial charge is 0.497 e. The van der Waals surface area contributed by atoms with E-state index in [0.717, 1.165) is 52.7 Å². The minimum atomic E-state index is -0.0147. The monoisotopic (exact) mass is 463 g/mol. The average Bonchev–Trinajstić information content (AvgIpc) is 3.21. The van der Waals surface area contributed by atoms with Gasteiger partial charge in [-0.15, -0.1) is 23.5 Å². The van der Waals surface area contributed by atoms with Crippen molar-refractivity contribution < 1.29 is 9.47 Å². The number of aromatic nitrogens is 3. The van der Waals surface area contributed by atoms with E-state index in [1.165, 1.54) is 5.56 Å². The second kappa shape index (κ2) is 8.37. The summed E-state index contributed by atoms with van der Waals surface area (Å²) in [6.45, 7) is 2.73. The molecule has 164 valence electrons. The molecule has 2 aromatic heterocycles. The molecule has 0 atom stereocenters. The fourth-order valence-corrected chi connectivity index (χ4v) is 6.28.